The first kappa shape index (κ1) is 18.3. The Labute approximate surface area is 89.1 Å². The molecule has 0 atom stereocenters. The van der Waals surface area contributed by atoms with Crippen molar-refractivity contribution in [2.24, 2.45) is 11.7 Å². The highest BCUT2D eigenvalue weighted by Gasteiger charge is 1.88. The van der Waals surface area contributed by atoms with Gasteiger partial charge in [0.1, 0.15) is 5.92 Å². The van der Waals surface area contributed by atoms with Gasteiger partial charge in [-0.3, -0.25) is 0 Å². The number of nitriles is 3. The summed E-state index contributed by atoms with van der Waals surface area (Å²) >= 11 is 0. The Bertz CT molecular complexity index is 254. The van der Waals surface area contributed by atoms with Crippen LogP contribution in [0.3, 0.4) is 0 Å². The number of carbonyl (C=O) groups is 1. The van der Waals surface area contributed by atoms with Gasteiger partial charge in [0.25, 0.3) is 0 Å². The molecule has 82 valence electrons. The van der Waals surface area contributed by atoms with Crippen molar-refractivity contribution < 1.29 is 4.79 Å². The monoisotopic (exact) mass is 210 g/mol. The summed E-state index contributed by atoms with van der Waals surface area (Å²) < 4.78 is 0. The van der Waals surface area contributed by atoms with Crippen LogP contribution in [0.1, 0.15) is 6.92 Å². The Hall–Kier alpha value is -2.46. The van der Waals surface area contributed by atoms with Gasteiger partial charge in [-0.25, -0.2) is 4.79 Å². The molecule has 0 aliphatic rings. The van der Waals surface area contributed by atoms with E-state index in [9.17, 15) is 4.79 Å². The average Bonchev–Trinajstić information content (AvgIpc) is 2.28. The third-order valence-electron chi connectivity index (χ3n) is 0.746. The number of urea groups is 1. The summed E-state index contributed by atoms with van der Waals surface area (Å²) in [5.41, 5.74) is 4.54. The Morgan fingerprint density at radius 1 is 1.27 bits per heavy atom. The van der Waals surface area contributed by atoms with Gasteiger partial charge >= 0.3 is 6.03 Å². The summed E-state index contributed by atoms with van der Waals surface area (Å²) in [6.45, 7) is 1.56. The maximum absolute atomic E-state index is 9.48. The van der Waals surface area contributed by atoms with E-state index in [0.29, 0.717) is 0 Å². The Balaban J connectivity index is -0.000000147. The molecule has 0 aliphatic heterocycles. The van der Waals surface area contributed by atoms with Crippen LogP contribution in [0.4, 0.5) is 4.79 Å². The van der Waals surface area contributed by atoms with E-state index in [-0.39, 0.29) is 0 Å². The molecule has 15 heavy (non-hydrogen) atoms. The molecule has 0 fully saturated rings. The molecule has 0 aromatic carbocycles. The van der Waals surface area contributed by atoms with Gasteiger partial charge in [0, 0.05) is 14.1 Å². The number of rotatable bonds is 0. The first-order valence-corrected chi connectivity index (χ1v) is 3.82. The van der Waals surface area contributed by atoms with Crippen LogP contribution in [0, 0.1) is 40.0 Å². The molecule has 0 aromatic heterocycles. The highest BCUT2D eigenvalue weighted by Crippen LogP contribution is 1.82. The zero-order chi connectivity index (χ0) is 12.7. The van der Waals surface area contributed by atoms with Crippen LogP contribution < -0.4 is 16.4 Å². The smallest absolute Gasteiger partial charge is 0.311 e. The van der Waals surface area contributed by atoms with Crippen LogP contribution in [0.15, 0.2) is 0 Å². The molecule has 0 bridgehead atoms. The van der Waals surface area contributed by atoms with Crippen molar-refractivity contribution >= 4 is 6.03 Å². The second-order valence-electron chi connectivity index (χ2n) is 1.96. The molecule has 0 aliphatic carbocycles. The van der Waals surface area contributed by atoms with E-state index < -0.39 is 11.9 Å². The summed E-state index contributed by atoms with van der Waals surface area (Å²) in [7, 11) is 3.04. The first-order valence-electron chi connectivity index (χ1n) is 3.82. The highest BCUT2D eigenvalue weighted by atomic mass is 16.2. The first-order chi connectivity index (χ1) is 6.99. The number of carbonyl (C=O) groups excluding carboxylic acids is 1. The van der Waals surface area contributed by atoms with Gasteiger partial charge in [-0.15, -0.1) is 0 Å². The summed E-state index contributed by atoms with van der Waals surface area (Å²) in [5, 5.41) is 27.6. The zero-order valence-corrected chi connectivity index (χ0v) is 8.90. The maximum Gasteiger partial charge on any atom is 0.311 e. The van der Waals surface area contributed by atoms with Crippen LogP contribution in [-0.4, -0.2) is 20.1 Å². The van der Waals surface area contributed by atoms with Crippen LogP contribution in [0.2, 0.25) is 0 Å². The van der Waals surface area contributed by atoms with Crippen LogP contribution in [0.25, 0.3) is 0 Å². The topological polar surface area (TPSA) is 139 Å². The fourth-order valence-corrected chi connectivity index (χ4v) is 0.0289. The largest absolute Gasteiger partial charge is 0.352 e. The Morgan fingerprint density at radius 3 is 1.53 bits per heavy atom. The molecule has 0 spiro atoms. The number of hydrogen-bond acceptors (Lipinski definition) is 5. The lowest BCUT2D eigenvalue weighted by molar-refractivity contribution is 0.251. The second kappa shape index (κ2) is 17.6. The van der Waals surface area contributed by atoms with Gasteiger partial charge in [-0.05, 0) is 6.92 Å². The maximum atomic E-state index is 9.48. The van der Waals surface area contributed by atoms with Gasteiger partial charge in [0.2, 0.25) is 0 Å². The second-order valence-corrected chi connectivity index (χ2v) is 1.96. The lowest BCUT2D eigenvalue weighted by atomic mass is 10.2. The van der Waals surface area contributed by atoms with E-state index in [1.807, 2.05) is 0 Å². The minimum Gasteiger partial charge on any atom is -0.352 e. The van der Waals surface area contributed by atoms with Crippen molar-refractivity contribution in [3.63, 3.8) is 0 Å². The summed E-state index contributed by atoms with van der Waals surface area (Å²) in [5.74, 6) is -0.454. The fraction of sp³-hybridized carbons (Fsp3) is 0.500. The van der Waals surface area contributed by atoms with Gasteiger partial charge < -0.3 is 16.4 Å². The summed E-state index contributed by atoms with van der Waals surface area (Å²) in [6.07, 6.45) is 1.68. The molecule has 0 radical (unpaired) electrons. The molecule has 7 heteroatoms. The number of hydrogen-bond donors (Lipinski definition) is 3. The molecule has 0 saturated heterocycles. The van der Waals surface area contributed by atoms with Crippen LogP contribution in [0.5, 0.6) is 0 Å². The predicted octanol–water partition coefficient (Wildman–Crippen LogP) is -0.359. The molecular formula is C8H14N6O. The normalized spacial score (nSPS) is 5.93. The third kappa shape index (κ3) is 51.0. The molecule has 0 unspecified atom stereocenters. The fourth-order valence-electron chi connectivity index (χ4n) is 0.0289. The predicted molar refractivity (Wildman–Crippen MR) is 53.7 cm³/mol. The van der Waals surface area contributed by atoms with E-state index in [0.717, 1.165) is 0 Å². The minimum absolute atomic E-state index is 0.454. The quantitative estimate of drug-likeness (QED) is 0.370. The van der Waals surface area contributed by atoms with E-state index in [1.165, 1.54) is 7.05 Å². The number of nitrogens with zero attached hydrogens (tertiary/aromatic N) is 3. The average molecular weight is 210 g/mol. The van der Waals surface area contributed by atoms with Gasteiger partial charge in [0.05, 0.1) is 12.1 Å². The Kier molecular flexibility index (Phi) is 21.5. The standard InChI is InChI=1S/C4H4N2.C2H6N2O.C2H4N2/c1-4(2-5)3-6;1-4-2(3)5;1-4-2-3/h4H,1H3;1H3,(H3,3,4,5);4H,1H3. The van der Waals surface area contributed by atoms with Crippen molar-refractivity contribution in [2.75, 3.05) is 14.1 Å². The van der Waals surface area contributed by atoms with E-state index in [1.54, 1.807) is 32.3 Å². The molecule has 0 rings (SSSR count). The Morgan fingerprint density at radius 2 is 1.53 bits per heavy atom. The van der Waals surface area contributed by atoms with Gasteiger partial charge in [-0.2, -0.15) is 15.8 Å². The number of amides is 2. The molecule has 0 heterocycles. The molecule has 2 amide bonds. The molecule has 7 nitrogen and oxygen atoms in total. The van der Waals surface area contributed by atoms with Crippen molar-refractivity contribution in [1.29, 1.82) is 15.8 Å². The number of primary amides is 1. The van der Waals surface area contributed by atoms with Crippen LogP contribution in [-0.2, 0) is 0 Å². The molecule has 0 saturated carbocycles. The van der Waals surface area contributed by atoms with Crippen molar-refractivity contribution in [3.8, 4) is 18.3 Å². The van der Waals surface area contributed by atoms with Gasteiger partial charge in [0.15, 0.2) is 6.19 Å². The van der Waals surface area contributed by atoms with E-state index >= 15 is 0 Å². The van der Waals surface area contributed by atoms with Crippen LogP contribution >= 0.6 is 0 Å². The van der Waals surface area contributed by atoms with E-state index in [4.69, 9.17) is 15.8 Å². The number of nitrogens with two attached hydrogens (primary N) is 1. The van der Waals surface area contributed by atoms with Crippen molar-refractivity contribution in [1.82, 2.24) is 10.6 Å². The van der Waals surface area contributed by atoms with Crippen molar-refractivity contribution in [3.05, 3.63) is 0 Å². The lowest BCUT2D eigenvalue weighted by Gasteiger charge is -1.80. The molecule has 0 aromatic rings. The zero-order valence-electron chi connectivity index (χ0n) is 8.90. The van der Waals surface area contributed by atoms with Gasteiger partial charge in [-0.1, -0.05) is 0 Å². The number of nitrogens with one attached hydrogen (secondary N) is 2. The van der Waals surface area contributed by atoms with Crippen molar-refractivity contribution in [2.45, 2.75) is 6.92 Å². The summed E-state index contributed by atoms with van der Waals surface area (Å²) in [6, 6.07) is 3.01. The highest BCUT2D eigenvalue weighted by molar-refractivity contribution is 5.71. The molecule has 4 N–H and O–H groups in total. The van der Waals surface area contributed by atoms with E-state index in [2.05, 4.69) is 16.4 Å². The minimum atomic E-state index is -0.495. The SMILES string of the molecule is CC(C#N)C#N.CNC#N.CNC(N)=O. The molecular weight excluding hydrogens is 196 g/mol. The lowest BCUT2D eigenvalue weighted by Crippen LogP contribution is -2.24. The summed E-state index contributed by atoms with van der Waals surface area (Å²) in [4.78, 5) is 9.48. The third-order valence-corrected chi connectivity index (χ3v) is 0.746.